The number of halogens is 1. The van der Waals surface area contributed by atoms with Crippen LogP contribution in [0.1, 0.15) is 18.1 Å². The first-order valence-corrected chi connectivity index (χ1v) is 4.18. The second-order valence-corrected chi connectivity index (χ2v) is 2.92. The van der Waals surface area contributed by atoms with E-state index in [2.05, 4.69) is 0 Å². The molecule has 2 heteroatoms. The third kappa shape index (κ3) is 2.62. The summed E-state index contributed by atoms with van der Waals surface area (Å²) < 4.78 is 12.8. The van der Waals surface area contributed by atoms with Crippen molar-refractivity contribution < 1.29 is 4.48 Å². The topological polar surface area (TPSA) is 3.24 Å². The van der Waals surface area contributed by atoms with E-state index in [-0.39, 0.29) is 0 Å². The average molecular weight is 167 g/mol. The Morgan fingerprint density at radius 1 is 1.25 bits per heavy atom. The Labute approximate surface area is 72.8 Å². The minimum absolute atomic E-state index is 0.386. The van der Waals surface area contributed by atoms with Crippen LogP contribution in [0.15, 0.2) is 24.3 Å². The minimum Gasteiger partial charge on any atom is -0.142 e. The Kier molecular flexibility index (Phi) is 3.23. The van der Waals surface area contributed by atoms with Gasteiger partial charge in [-0.1, -0.05) is 29.8 Å². The average Bonchev–Trinajstić information content (AvgIpc) is 2.09. The molecule has 12 heavy (non-hydrogen) atoms. The van der Waals surface area contributed by atoms with E-state index in [1.165, 1.54) is 5.56 Å². The van der Waals surface area contributed by atoms with Gasteiger partial charge in [-0.15, -0.1) is 9.60 Å². The molecule has 0 unspecified atom stereocenters. The molecule has 0 saturated carbocycles. The van der Waals surface area contributed by atoms with E-state index < -0.39 is 0 Å². The molecule has 0 radical (unpaired) electrons. The molecular formula is C10H14FN. The molecule has 1 rings (SSSR count). The molecular weight excluding hydrogens is 153 g/mol. The van der Waals surface area contributed by atoms with E-state index in [1.807, 2.05) is 31.2 Å². The van der Waals surface area contributed by atoms with Crippen LogP contribution >= 0.6 is 0 Å². The lowest BCUT2D eigenvalue weighted by atomic mass is 10.1. The summed E-state index contributed by atoms with van der Waals surface area (Å²) in [7, 11) is 0. The van der Waals surface area contributed by atoms with Crippen molar-refractivity contribution in [3.05, 3.63) is 35.4 Å². The highest BCUT2D eigenvalue weighted by Gasteiger charge is 1.99. The van der Waals surface area contributed by atoms with Crippen LogP contribution < -0.4 is 0 Å². The smallest absolute Gasteiger partial charge is 0.0540 e. The number of nitrogens with zero attached hydrogens (tertiary/aromatic N) is 1. The molecule has 0 aromatic heterocycles. The zero-order chi connectivity index (χ0) is 8.97. The van der Waals surface area contributed by atoms with Crippen LogP contribution in [0, 0.1) is 6.92 Å². The minimum atomic E-state index is 0.386. The SMILES string of the molecule is CCN(F)Cc1ccc(C)cc1. The van der Waals surface area contributed by atoms with Gasteiger partial charge in [-0.3, -0.25) is 0 Å². The lowest BCUT2D eigenvalue weighted by molar-refractivity contribution is 0.0224. The first-order valence-electron chi connectivity index (χ1n) is 4.18. The highest BCUT2D eigenvalue weighted by atomic mass is 19.2. The van der Waals surface area contributed by atoms with Crippen LogP contribution in [0.2, 0.25) is 0 Å². The van der Waals surface area contributed by atoms with Crippen molar-refractivity contribution in [1.82, 2.24) is 5.12 Å². The van der Waals surface area contributed by atoms with Gasteiger partial charge in [0, 0.05) is 6.54 Å². The quantitative estimate of drug-likeness (QED) is 0.625. The van der Waals surface area contributed by atoms with Gasteiger partial charge in [-0.2, -0.15) is 0 Å². The van der Waals surface area contributed by atoms with Crippen LogP contribution in [0.25, 0.3) is 0 Å². The van der Waals surface area contributed by atoms with E-state index in [0.717, 1.165) is 10.7 Å². The Hall–Kier alpha value is -0.890. The first-order chi connectivity index (χ1) is 5.72. The van der Waals surface area contributed by atoms with Crippen molar-refractivity contribution in [3.8, 4) is 0 Å². The summed E-state index contributed by atoms with van der Waals surface area (Å²) in [5.74, 6) is 0. The second kappa shape index (κ2) is 4.21. The molecule has 1 aromatic rings. The molecule has 0 fully saturated rings. The van der Waals surface area contributed by atoms with Crippen molar-refractivity contribution >= 4 is 0 Å². The number of hydrogen-bond donors (Lipinski definition) is 0. The first kappa shape index (κ1) is 9.20. The standard InChI is InChI=1S/C10H14FN/c1-3-12(11)8-10-6-4-9(2)5-7-10/h4-7H,3,8H2,1-2H3. The maximum Gasteiger partial charge on any atom is 0.0540 e. The van der Waals surface area contributed by atoms with Crippen LogP contribution in [-0.2, 0) is 6.54 Å². The molecule has 0 amide bonds. The summed E-state index contributed by atoms with van der Waals surface area (Å²) in [6, 6.07) is 7.91. The van der Waals surface area contributed by atoms with Gasteiger partial charge < -0.3 is 0 Å². The molecule has 66 valence electrons. The van der Waals surface area contributed by atoms with Gasteiger partial charge in [0.15, 0.2) is 0 Å². The van der Waals surface area contributed by atoms with Gasteiger partial charge in [0.05, 0.1) is 6.54 Å². The van der Waals surface area contributed by atoms with Gasteiger partial charge in [0.2, 0.25) is 0 Å². The summed E-state index contributed by atoms with van der Waals surface area (Å²) in [5.41, 5.74) is 2.23. The van der Waals surface area contributed by atoms with Crippen LogP contribution in [0.3, 0.4) is 0 Å². The molecule has 0 aliphatic carbocycles. The van der Waals surface area contributed by atoms with Crippen molar-refractivity contribution in [2.45, 2.75) is 20.4 Å². The Morgan fingerprint density at radius 2 is 1.83 bits per heavy atom. The summed E-state index contributed by atoms with van der Waals surface area (Å²) in [5, 5.41) is 0.796. The number of aryl methyl sites for hydroxylation is 1. The summed E-state index contributed by atoms with van der Waals surface area (Å²) in [6.45, 7) is 4.65. The maximum absolute atomic E-state index is 12.8. The molecule has 0 heterocycles. The lowest BCUT2D eigenvalue weighted by Gasteiger charge is -2.08. The molecule has 0 bridgehead atoms. The van der Waals surface area contributed by atoms with E-state index in [1.54, 1.807) is 6.92 Å². The third-order valence-corrected chi connectivity index (χ3v) is 1.82. The maximum atomic E-state index is 12.8. The molecule has 0 aliphatic rings. The van der Waals surface area contributed by atoms with Gasteiger partial charge in [0.1, 0.15) is 0 Å². The fourth-order valence-electron chi connectivity index (χ4n) is 1.00. The zero-order valence-electron chi connectivity index (χ0n) is 7.55. The van der Waals surface area contributed by atoms with Gasteiger partial charge in [-0.05, 0) is 19.4 Å². The van der Waals surface area contributed by atoms with Crippen LogP contribution in [0.5, 0.6) is 0 Å². The predicted molar refractivity (Wildman–Crippen MR) is 48.4 cm³/mol. The molecule has 0 saturated heterocycles. The molecule has 1 aromatic carbocycles. The van der Waals surface area contributed by atoms with Gasteiger partial charge in [0.25, 0.3) is 0 Å². The van der Waals surface area contributed by atoms with Crippen molar-refractivity contribution in [2.24, 2.45) is 0 Å². The highest BCUT2D eigenvalue weighted by molar-refractivity contribution is 5.20. The van der Waals surface area contributed by atoms with Crippen molar-refractivity contribution in [2.75, 3.05) is 6.54 Å². The number of benzene rings is 1. The van der Waals surface area contributed by atoms with E-state index in [0.29, 0.717) is 13.1 Å². The summed E-state index contributed by atoms with van der Waals surface area (Å²) in [6.07, 6.45) is 0. The van der Waals surface area contributed by atoms with E-state index in [9.17, 15) is 4.48 Å². The Bertz CT molecular complexity index is 230. The Morgan fingerprint density at radius 3 is 2.33 bits per heavy atom. The van der Waals surface area contributed by atoms with Gasteiger partial charge in [-0.25, -0.2) is 0 Å². The molecule has 0 N–H and O–H groups in total. The monoisotopic (exact) mass is 167 g/mol. The fourth-order valence-corrected chi connectivity index (χ4v) is 1.00. The number of rotatable bonds is 3. The van der Waals surface area contributed by atoms with Gasteiger partial charge >= 0.3 is 0 Å². The summed E-state index contributed by atoms with van der Waals surface area (Å²) >= 11 is 0. The van der Waals surface area contributed by atoms with Crippen LogP contribution in [0.4, 0.5) is 4.48 Å². The zero-order valence-corrected chi connectivity index (χ0v) is 7.55. The third-order valence-electron chi connectivity index (χ3n) is 1.82. The lowest BCUT2D eigenvalue weighted by Crippen LogP contribution is -2.11. The van der Waals surface area contributed by atoms with E-state index in [4.69, 9.17) is 0 Å². The molecule has 0 spiro atoms. The Balaban J connectivity index is 2.58. The predicted octanol–water partition coefficient (Wildman–Crippen LogP) is 2.70. The van der Waals surface area contributed by atoms with E-state index >= 15 is 0 Å². The second-order valence-electron chi connectivity index (χ2n) is 2.92. The number of hydrogen-bond acceptors (Lipinski definition) is 1. The normalized spacial score (nSPS) is 10.7. The van der Waals surface area contributed by atoms with Crippen molar-refractivity contribution in [1.29, 1.82) is 0 Å². The van der Waals surface area contributed by atoms with Crippen LogP contribution in [-0.4, -0.2) is 11.7 Å². The highest BCUT2D eigenvalue weighted by Crippen LogP contribution is 2.06. The van der Waals surface area contributed by atoms with Crippen molar-refractivity contribution in [3.63, 3.8) is 0 Å². The molecule has 0 aliphatic heterocycles. The largest absolute Gasteiger partial charge is 0.142 e. The fraction of sp³-hybridized carbons (Fsp3) is 0.400. The molecule has 1 nitrogen and oxygen atoms in total. The molecule has 0 atom stereocenters. The summed E-state index contributed by atoms with van der Waals surface area (Å²) in [4.78, 5) is 0.